The highest BCUT2D eigenvalue weighted by Gasteiger charge is 2.25. The van der Waals surface area contributed by atoms with Crippen LogP contribution in [0.1, 0.15) is 27.9 Å². The van der Waals surface area contributed by atoms with Gasteiger partial charge in [-0.2, -0.15) is 0 Å². The lowest BCUT2D eigenvalue weighted by Crippen LogP contribution is -2.30. The van der Waals surface area contributed by atoms with Crippen molar-refractivity contribution in [3.05, 3.63) is 51.8 Å². The van der Waals surface area contributed by atoms with Crippen LogP contribution in [0, 0.1) is 31.3 Å². The van der Waals surface area contributed by atoms with Crippen LogP contribution in [-0.2, 0) is 9.53 Å². The summed E-state index contributed by atoms with van der Waals surface area (Å²) in [5.41, 5.74) is 7.29. The Morgan fingerprint density at radius 3 is 2.59 bits per heavy atom. The molecule has 1 aromatic carbocycles. The average Bonchev–Trinajstić information content (AvgIpc) is 2.98. The smallest absolute Gasteiger partial charge is 0.351 e. The van der Waals surface area contributed by atoms with Crippen molar-refractivity contribution in [3.8, 4) is 0 Å². The molecule has 0 saturated carbocycles. The maximum absolute atomic E-state index is 13.7. The molecule has 3 aromatic rings. The molecule has 0 unspecified atom stereocenters. The van der Waals surface area contributed by atoms with Crippen LogP contribution in [-0.4, -0.2) is 23.0 Å². The first-order valence-electron chi connectivity index (χ1n) is 8.41. The van der Waals surface area contributed by atoms with Crippen LogP contribution in [0.2, 0.25) is 0 Å². The normalized spacial score (nSPS) is 12.1. The average molecular weight is 423 g/mol. The van der Waals surface area contributed by atoms with Crippen molar-refractivity contribution in [2.24, 2.45) is 0 Å². The fourth-order valence-electron chi connectivity index (χ4n) is 2.75. The lowest BCUT2D eigenvalue weighted by Gasteiger charge is -2.14. The number of rotatable bonds is 4. The van der Waals surface area contributed by atoms with Crippen molar-refractivity contribution in [2.75, 3.05) is 11.1 Å². The van der Waals surface area contributed by atoms with Crippen LogP contribution >= 0.6 is 11.3 Å². The summed E-state index contributed by atoms with van der Waals surface area (Å²) in [5.74, 6) is -6.44. The minimum atomic E-state index is -1.72. The van der Waals surface area contributed by atoms with Gasteiger partial charge in [-0.15, -0.1) is 11.3 Å². The van der Waals surface area contributed by atoms with E-state index in [1.54, 1.807) is 0 Å². The molecular weight excluding hydrogens is 407 g/mol. The third-order valence-corrected chi connectivity index (χ3v) is 5.24. The molecule has 0 aliphatic carbocycles. The van der Waals surface area contributed by atoms with Gasteiger partial charge in [0.05, 0.1) is 11.4 Å². The van der Waals surface area contributed by atoms with Crippen molar-refractivity contribution in [3.63, 3.8) is 0 Å². The number of halogens is 3. The zero-order chi connectivity index (χ0) is 21.5. The van der Waals surface area contributed by atoms with E-state index in [0.717, 1.165) is 28.7 Å². The highest BCUT2D eigenvalue weighted by atomic mass is 32.1. The predicted octanol–water partition coefficient (Wildman–Crippen LogP) is 4.10. The number of carbonyl (C=O) groups excluding carboxylic acids is 2. The third-order valence-electron chi connectivity index (χ3n) is 4.16. The summed E-state index contributed by atoms with van der Waals surface area (Å²) in [7, 11) is 0. The number of thiophene rings is 1. The van der Waals surface area contributed by atoms with Crippen LogP contribution in [0.15, 0.2) is 18.2 Å². The van der Waals surface area contributed by atoms with Gasteiger partial charge in [-0.3, -0.25) is 4.79 Å². The van der Waals surface area contributed by atoms with Gasteiger partial charge >= 0.3 is 5.97 Å². The van der Waals surface area contributed by atoms with Gasteiger partial charge in [-0.05, 0) is 44.5 Å². The fourth-order valence-corrected chi connectivity index (χ4v) is 3.84. The molecule has 0 spiro atoms. The van der Waals surface area contributed by atoms with Gasteiger partial charge < -0.3 is 15.8 Å². The minimum Gasteiger partial charge on any atom is -0.448 e. The number of carbonyl (C=O) groups is 2. The Labute approximate surface area is 167 Å². The SMILES string of the molecule is Cc1cc(C)c2c(N)c(C(=O)O[C@H](C)C(=O)Nc3ccc(F)c(F)c3F)sc2n1. The number of nitrogens with two attached hydrogens (primary N) is 1. The zero-order valence-electron chi connectivity index (χ0n) is 15.6. The Hall–Kier alpha value is -3.14. The maximum Gasteiger partial charge on any atom is 0.351 e. The highest BCUT2D eigenvalue weighted by molar-refractivity contribution is 7.21. The predicted molar refractivity (Wildman–Crippen MR) is 103 cm³/mol. The van der Waals surface area contributed by atoms with Crippen molar-refractivity contribution < 1.29 is 27.5 Å². The van der Waals surface area contributed by atoms with Crippen LogP contribution in [0.4, 0.5) is 24.5 Å². The number of nitrogen functional groups attached to an aromatic ring is 1. The Kier molecular flexibility index (Phi) is 5.47. The quantitative estimate of drug-likeness (QED) is 0.487. The number of hydrogen-bond donors (Lipinski definition) is 2. The lowest BCUT2D eigenvalue weighted by atomic mass is 10.1. The van der Waals surface area contributed by atoms with Gasteiger partial charge in [0.1, 0.15) is 9.71 Å². The second kappa shape index (κ2) is 7.70. The summed E-state index contributed by atoms with van der Waals surface area (Å²) in [6.45, 7) is 4.90. The number of nitrogens with zero attached hydrogens (tertiary/aromatic N) is 1. The molecule has 0 fully saturated rings. The Morgan fingerprint density at radius 2 is 1.90 bits per heavy atom. The summed E-state index contributed by atoms with van der Waals surface area (Å²) in [6, 6.07) is 3.36. The summed E-state index contributed by atoms with van der Waals surface area (Å²) < 4.78 is 45.1. The van der Waals surface area contributed by atoms with E-state index in [-0.39, 0.29) is 10.6 Å². The number of amides is 1. The number of benzene rings is 1. The number of pyridine rings is 1. The molecular formula is C19H16F3N3O3S. The first-order valence-corrected chi connectivity index (χ1v) is 9.23. The molecule has 0 aliphatic rings. The first kappa shape index (κ1) is 20.6. The van der Waals surface area contributed by atoms with Crippen molar-refractivity contribution in [1.29, 1.82) is 0 Å². The van der Waals surface area contributed by atoms with E-state index in [9.17, 15) is 22.8 Å². The lowest BCUT2D eigenvalue weighted by molar-refractivity contribution is -0.123. The van der Waals surface area contributed by atoms with Crippen molar-refractivity contribution in [1.82, 2.24) is 4.98 Å². The second-order valence-electron chi connectivity index (χ2n) is 6.37. The first-order chi connectivity index (χ1) is 13.6. The topological polar surface area (TPSA) is 94.3 Å². The van der Waals surface area contributed by atoms with Gasteiger partial charge in [-0.25, -0.2) is 22.9 Å². The van der Waals surface area contributed by atoms with Crippen LogP contribution < -0.4 is 11.1 Å². The molecule has 29 heavy (non-hydrogen) atoms. The number of aromatic nitrogens is 1. The van der Waals surface area contributed by atoms with Crippen LogP contribution in [0.3, 0.4) is 0 Å². The highest BCUT2D eigenvalue weighted by Crippen LogP contribution is 2.35. The van der Waals surface area contributed by atoms with Crippen LogP contribution in [0.5, 0.6) is 0 Å². The summed E-state index contributed by atoms with van der Waals surface area (Å²) in [6.07, 6.45) is -1.35. The van der Waals surface area contributed by atoms with E-state index < -0.39 is 41.1 Å². The molecule has 0 aliphatic heterocycles. The van der Waals surface area contributed by atoms with Crippen molar-refractivity contribution >= 4 is 44.8 Å². The number of hydrogen-bond acceptors (Lipinski definition) is 6. The molecule has 10 heteroatoms. The van der Waals surface area contributed by atoms with Gasteiger partial charge in [-0.1, -0.05) is 0 Å². The molecule has 0 saturated heterocycles. The Bertz CT molecular complexity index is 1150. The molecule has 1 atom stereocenters. The van der Waals surface area contributed by atoms with E-state index in [4.69, 9.17) is 10.5 Å². The Balaban J connectivity index is 1.78. The number of nitrogens with one attached hydrogen (secondary N) is 1. The standard InChI is InChI=1S/C19H16F3N3O3S/c1-7-6-8(2)24-18-12(7)15(23)16(29-18)19(27)28-9(3)17(26)25-11-5-4-10(20)13(21)14(11)22/h4-6,9H,23H2,1-3H3,(H,25,26)/t9-/m1/s1. The second-order valence-corrected chi connectivity index (χ2v) is 7.36. The number of esters is 1. The molecule has 3 rings (SSSR count). The molecule has 2 aromatic heterocycles. The molecule has 6 nitrogen and oxygen atoms in total. The van der Waals surface area contributed by atoms with Gasteiger partial charge in [0.25, 0.3) is 5.91 Å². The van der Waals surface area contributed by atoms with Gasteiger partial charge in [0, 0.05) is 11.1 Å². The van der Waals surface area contributed by atoms with E-state index in [0.29, 0.717) is 16.3 Å². The van der Waals surface area contributed by atoms with E-state index in [2.05, 4.69) is 10.3 Å². The summed E-state index contributed by atoms with van der Waals surface area (Å²) in [5, 5.41) is 2.69. The third kappa shape index (κ3) is 3.88. The summed E-state index contributed by atoms with van der Waals surface area (Å²) in [4.78, 5) is 29.6. The number of ether oxygens (including phenoxy) is 1. The Morgan fingerprint density at radius 1 is 1.21 bits per heavy atom. The van der Waals surface area contributed by atoms with Gasteiger partial charge in [0.2, 0.25) is 0 Å². The van der Waals surface area contributed by atoms with Gasteiger partial charge in [0.15, 0.2) is 23.6 Å². The van der Waals surface area contributed by atoms with E-state index >= 15 is 0 Å². The summed E-state index contributed by atoms with van der Waals surface area (Å²) >= 11 is 1.03. The molecule has 2 heterocycles. The molecule has 152 valence electrons. The monoisotopic (exact) mass is 423 g/mol. The number of fused-ring (bicyclic) bond motifs is 1. The van der Waals surface area contributed by atoms with E-state index in [1.807, 2.05) is 19.9 Å². The largest absolute Gasteiger partial charge is 0.448 e. The molecule has 3 N–H and O–H groups in total. The molecule has 0 bridgehead atoms. The molecule has 1 amide bonds. The maximum atomic E-state index is 13.7. The minimum absolute atomic E-state index is 0.0832. The number of aryl methyl sites for hydroxylation is 2. The van der Waals surface area contributed by atoms with E-state index in [1.165, 1.54) is 6.92 Å². The van der Waals surface area contributed by atoms with Crippen LogP contribution in [0.25, 0.3) is 10.2 Å². The fraction of sp³-hybridized carbons (Fsp3) is 0.211. The molecule has 0 radical (unpaired) electrons. The zero-order valence-corrected chi connectivity index (χ0v) is 16.4. The number of anilines is 2. The van der Waals surface area contributed by atoms with Crippen molar-refractivity contribution in [2.45, 2.75) is 26.9 Å².